The molecule has 60 heavy (non-hydrogen) atoms. The van der Waals surface area contributed by atoms with Crippen molar-refractivity contribution in [3.63, 3.8) is 0 Å². The molecule has 0 unspecified atom stereocenters. The summed E-state index contributed by atoms with van der Waals surface area (Å²) in [6.45, 7) is 7.72. The van der Waals surface area contributed by atoms with Crippen LogP contribution in [-0.4, -0.2) is 82.8 Å². The van der Waals surface area contributed by atoms with Crippen LogP contribution in [0, 0.1) is 11.8 Å². The number of amides is 2. The summed E-state index contributed by atoms with van der Waals surface area (Å²) < 4.78 is 2.18. The lowest BCUT2D eigenvalue weighted by molar-refractivity contribution is -0.171. The van der Waals surface area contributed by atoms with E-state index in [2.05, 4.69) is 93.8 Å². The number of piperidine rings is 1. The van der Waals surface area contributed by atoms with Gasteiger partial charge in [0, 0.05) is 45.2 Å². The maximum atomic E-state index is 14.4. The molecule has 10 nitrogen and oxygen atoms in total. The summed E-state index contributed by atoms with van der Waals surface area (Å²) in [7, 11) is 3.15. The Kier molecular flexibility index (Phi) is 13.8. The van der Waals surface area contributed by atoms with E-state index in [1.54, 1.807) is 7.05 Å². The van der Waals surface area contributed by atoms with Crippen molar-refractivity contribution in [1.82, 2.24) is 24.8 Å². The van der Waals surface area contributed by atoms with Gasteiger partial charge < -0.3 is 14.8 Å². The molecule has 7 rings (SSSR count). The molecule has 2 aliphatic rings. The van der Waals surface area contributed by atoms with Gasteiger partial charge in [-0.1, -0.05) is 128 Å². The number of nitrogens with zero attached hydrogens (tertiary/aromatic N) is 5. The van der Waals surface area contributed by atoms with Crippen molar-refractivity contribution in [2.24, 2.45) is 11.8 Å². The number of imidazole rings is 1. The lowest BCUT2D eigenvalue weighted by Crippen LogP contribution is -2.57. The van der Waals surface area contributed by atoms with Crippen LogP contribution < -0.4 is 10.4 Å². The number of anilines is 1. The Morgan fingerprint density at radius 2 is 1.37 bits per heavy atom. The van der Waals surface area contributed by atoms with Crippen molar-refractivity contribution in [2.45, 2.75) is 88.9 Å². The van der Waals surface area contributed by atoms with Crippen molar-refractivity contribution in [1.29, 1.82) is 0 Å². The third-order valence-electron chi connectivity index (χ3n) is 12.3. The van der Waals surface area contributed by atoms with Gasteiger partial charge >= 0.3 is 0 Å². The quantitative estimate of drug-likeness (QED) is 0.0793. The second kappa shape index (κ2) is 19.4. The van der Waals surface area contributed by atoms with Gasteiger partial charge in [-0.3, -0.25) is 24.3 Å². The van der Waals surface area contributed by atoms with E-state index in [9.17, 15) is 9.59 Å². The number of carbonyl (C=O) groups is 2. The van der Waals surface area contributed by atoms with Gasteiger partial charge in [-0.2, -0.15) is 0 Å². The predicted octanol–water partition coefficient (Wildman–Crippen LogP) is 8.28. The molecule has 2 heterocycles. The van der Waals surface area contributed by atoms with Gasteiger partial charge in [0.15, 0.2) is 0 Å². The lowest BCUT2D eigenvalue weighted by Gasteiger charge is -2.47. The monoisotopic (exact) mass is 810 g/mol. The van der Waals surface area contributed by atoms with Gasteiger partial charge in [-0.25, -0.2) is 10.0 Å². The first-order chi connectivity index (χ1) is 29.1. The highest BCUT2D eigenvalue weighted by Crippen LogP contribution is 2.41. The van der Waals surface area contributed by atoms with Crippen LogP contribution >= 0.6 is 0 Å². The van der Waals surface area contributed by atoms with E-state index in [0.717, 1.165) is 47.5 Å². The number of nitrogens with one attached hydrogen (secondary N) is 1. The number of carbonyl (C=O) groups excluding carboxylic acids is 2. The van der Waals surface area contributed by atoms with E-state index >= 15 is 0 Å². The number of rotatable bonds is 16. The van der Waals surface area contributed by atoms with Crippen LogP contribution in [0.2, 0.25) is 0 Å². The molecule has 0 bridgehead atoms. The summed E-state index contributed by atoms with van der Waals surface area (Å²) in [5.74, 6) is 0.969. The molecule has 2 fully saturated rings. The van der Waals surface area contributed by atoms with E-state index in [1.165, 1.54) is 31.4 Å². The van der Waals surface area contributed by atoms with Crippen molar-refractivity contribution in [2.75, 3.05) is 38.9 Å². The number of hydroxylamine groups is 3. The molecule has 10 heteroatoms. The number of likely N-dealkylation sites (tertiary alicyclic amines) is 1. The molecule has 4 aromatic carbocycles. The smallest absolute Gasteiger partial charge is 0.263 e. The van der Waals surface area contributed by atoms with Crippen LogP contribution in [0.15, 0.2) is 134 Å². The maximum absolute atomic E-state index is 14.4. The Hall–Kier alpha value is -5.29. The largest absolute Gasteiger partial charge is 0.338 e. The first kappa shape index (κ1) is 42.8. The molecule has 2 amide bonds. The summed E-state index contributed by atoms with van der Waals surface area (Å²) in [4.78, 5) is 47.3. The number of para-hydroxylation sites is 1. The molecule has 4 atom stereocenters. The number of benzene rings is 4. The predicted molar refractivity (Wildman–Crippen MR) is 237 cm³/mol. The second-order valence-corrected chi connectivity index (χ2v) is 17.4. The Labute approximate surface area is 356 Å². The number of hydrogen-bond acceptors (Lipinski definition) is 7. The average molecular weight is 811 g/mol. The molecule has 0 spiro atoms. The summed E-state index contributed by atoms with van der Waals surface area (Å²) >= 11 is 0. The first-order valence-corrected chi connectivity index (χ1v) is 21.6. The summed E-state index contributed by atoms with van der Waals surface area (Å²) in [6.07, 6.45) is 10.3. The molecule has 1 aliphatic carbocycles. The van der Waals surface area contributed by atoms with Gasteiger partial charge in [0.2, 0.25) is 5.91 Å². The minimum atomic E-state index is -0.723. The Morgan fingerprint density at radius 3 is 1.92 bits per heavy atom. The van der Waals surface area contributed by atoms with E-state index in [-0.39, 0.29) is 17.9 Å². The van der Waals surface area contributed by atoms with Crippen LogP contribution in [0.1, 0.15) is 81.7 Å². The van der Waals surface area contributed by atoms with Crippen molar-refractivity contribution in [3.05, 3.63) is 156 Å². The number of aromatic nitrogens is 2. The molecule has 0 radical (unpaired) electrons. The van der Waals surface area contributed by atoms with Gasteiger partial charge in [0.25, 0.3) is 5.91 Å². The lowest BCUT2D eigenvalue weighted by atomic mass is 9.73. The van der Waals surface area contributed by atoms with Crippen LogP contribution in [0.5, 0.6) is 0 Å². The van der Waals surface area contributed by atoms with Gasteiger partial charge in [-0.15, -0.1) is 0 Å². The van der Waals surface area contributed by atoms with E-state index in [1.807, 2.05) is 80.7 Å². The fraction of sp³-hybridized carbons (Fsp3) is 0.420. The molecule has 1 N–H and O–H groups in total. The normalized spacial score (nSPS) is 18.7. The third kappa shape index (κ3) is 9.84. The third-order valence-corrected chi connectivity index (χ3v) is 12.3. The molecule has 1 saturated carbocycles. The average Bonchev–Trinajstić information content (AvgIpc) is 3.75. The number of hydrogen-bond donors (Lipinski definition) is 1. The van der Waals surface area contributed by atoms with Crippen LogP contribution in [0.3, 0.4) is 0 Å². The second-order valence-electron chi connectivity index (χ2n) is 17.4. The van der Waals surface area contributed by atoms with Gasteiger partial charge in [0.05, 0.1) is 43.0 Å². The zero-order chi connectivity index (χ0) is 42.1. The van der Waals surface area contributed by atoms with Crippen LogP contribution in [-0.2, 0) is 31.2 Å². The highest BCUT2D eigenvalue weighted by atomic mass is 16.7. The molecular weight excluding hydrogens is 749 g/mol. The standard InChI is InChI=1S/C50H62N6O4/c1-49(2,3)60-56(44-28-16-9-17-29-44)31-30-47(57)55-35-39-21-19-18-20-38(39)32-45(55)34-51-46(48(58)53(4)59-5)33-43-36-54(37-52-43)50(40-22-10-6-11-23-40,41-24-12-7-13-25-41)42-26-14-8-15-27-42/h6-17,22-29,36-39,45-46,51H,18-21,30-35H2,1-5H3/t38-,39-,45+,46+/m0/s1. The van der Waals surface area contributed by atoms with E-state index < -0.39 is 17.2 Å². The fourth-order valence-corrected chi connectivity index (χ4v) is 9.39. The van der Waals surface area contributed by atoms with Crippen molar-refractivity contribution in [3.8, 4) is 0 Å². The van der Waals surface area contributed by atoms with E-state index in [0.29, 0.717) is 37.8 Å². The minimum absolute atomic E-state index is 0.0619. The Bertz CT molecular complexity index is 2010. The SMILES string of the molecule is CON(C)C(=O)[C@@H](Cc1cn(C(c2ccccc2)(c2ccccc2)c2ccccc2)cn1)NC[C@H]1C[C@@H]2CCCC[C@H]2CN1C(=O)CCN(OC(C)(C)C)c1ccccc1. The molecule has 316 valence electrons. The summed E-state index contributed by atoms with van der Waals surface area (Å²) in [5.41, 5.74) is 3.82. The number of likely N-dealkylation sites (N-methyl/N-ethyl adjacent to an activating group) is 1. The van der Waals surface area contributed by atoms with Crippen molar-refractivity contribution >= 4 is 17.5 Å². The molecular formula is C50H62N6O4. The molecule has 5 aromatic rings. The van der Waals surface area contributed by atoms with Crippen LogP contribution in [0.4, 0.5) is 5.69 Å². The molecule has 1 aliphatic heterocycles. The van der Waals surface area contributed by atoms with Crippen molar-refractivity contribution < 1.29 is 19.3 Å². The Morgan fingerprint density at radius 1 is 0.817 bits per heavy atom. The number of fused-ring (bicyclic) bond motifs is 1. The van der Waals surface area contributed by atoms with Gasteiger partial charge in [-0.05, 0) is 74.3 Å². The summed E-state index contributed by atoms with van der Waals surface area (Å²) in [5, 5.41) is 6.79. The maximum Gasteiger partial charge on any atom is 0.263 e. The van der Waals surface area contributed by atoms with E-state index in [4.69, 9.17) is 14.7 Å². The fourth-order valence-electron chi connectivity index (χ4n) is 9.39. The molecule has 1 aromatic heterocycles. The minimum Gasteiger partial charge on any atom is -0.338 e. The Balaban J connectivity index is 1.15. The van der Waals surface area contributed by atoms with Crippen LogP contribution in [0.25, 0.3) is 0 Å². The van der Waals surface area contributed by atoms with Gasteiger partial charge in [0.1, 0.15) is 5.54 Å². The highest BCUT2D eigenvalue weighted by molar-refractivity contribution is 5.81. The zero-order valence-corrected chi connectivity index (χ0v) is 36.0. The topological polar surface area (TPSA) is 92.2 Å². The summed E-state index contributed by atoms with van der Waals surface area (Å²) in [6, 6.07) is 40.8. The zero-order valence-electron chi connectivity index (χ0n) is 36.0. The highest BCUT2D eigenvalue weighted by Gasteiger charge is 2.41. The first-order valence-electron chi connectivity index (χ1n) is 21.6. The molecule has 1 saturated heterocycles.